The second-order valence-electron chi connectivity index (χ2n) is 4.80. The molecule has 0 radical (unpaired) electrons. The molecule has 0 saturated heterocycles. The summed E-state index contributed by atoms with van der Waals surface area (Å²) in [4.78, 5) is 34.2. The summed E-state index contributed by atoms with van der Waals surface area (Å²) in [5.41, 5.74) is 0.711. The van der Waals surface area contributed by atoms with Crippen LogP contribution in [0.4, 0.5) is 4.79 Å². The van der Waals surface area contributed by atoms with Gasteiger partial charge in [-0.1, -0.05) is 6.07 Å². The van der Waals surface area contributed by atoms with Crippen LogP contribution in [0.15, 0.2) is 24.3 Å². The van der Waals surface area contributed by atoms with Crippen molar-refractivity contribution in [2.75, 3.05) is 20.3 Å². The molecule has 1 aliphatic heterocycles. The number of fused-ring (bicyclic) bond motifs is 1. The third-order valence-electron chi connectivity index (χ3n) is 3.05. The number of benzene rings is 1. The van der Waals surface area contributed by atoms with Crippen molar-refractivity contribution in [3.63, 3.8) is 0 Å². The van der Waals surface area contributed by atoms with Crippen LogP contribution in [0.25, 0.3) is 6.08 Å². The number of imide groups is 1. The highest BCUT2D eigenvalue weighted by molar-refractivity contribution is 5.96. The number of hydrogen-bond donors (Lipinski definition) is 1. The Balaban J connectivity index is 1.90. The molecule has 1 aromatic carbocycles. The molecule has 0 bridgehead atoms. The van der Waals surface area contributed by atoms with Crippen LogP contribution in [0.1, 0.15) is 12.5 Å². The summed E-state index contributed by atoms with van der Waals surface area (Å²) in [5, 5.41) is 1.91. The number of rotatable bonds is 4. The Morgan fingerprint density at radius 3 is 2.62 bits per heavy atom. The second-order valence-corrected chi connectivity index (χ2v) is 4.80. The maximum atomic E-state index is 11.7. The van der Waals surface area contributed by atoms with Gasteiger partial charge < -0.3 is 18.9 Å². The van der Waals surface area contributed by atoms with E-state index >= 15 is 0 Å². The van der Waals surface area contributed by atoms with Crippen LogP contribution in [0, 0.1) is 0 Å². The fraction of sp³-hybridized carbons (Fsp3) is 0.312. The number of carbonyl (C=O) groups excluding carboxylic acids is 3. The monoisotopic (exact) mass is 335 g/mol. The standard InChI is InChI=1S/C16H17NO7/c1-10(15(19)17-16(20)21-2)24-14(18)6-4-11-3-5-12-13(9-11)23-8-7-22-12/h3-6,9-10H,7-8H2,1-2H3,(H,17,19,20)/b6-4+/t10-/m0/s1. The molecule has 128 valence electrons. The highest BCUT2D eigenvalue weighted by Gasteiger charge is 2.19. The molecule has 8 heteroatoms. The molecule has 0 aliphatic carbocycles. The molecular weight excluding hydrogens is 318 g/mol. The summed E-state index contributed by atoms with van der Waals surface area (Å²) < 4.78 is 20.0. The van der Waals surface area contributed by atoms with Crippen LogP contribution in [-0.4, -0.2) is 44.4 Å². The molecule has 1 aliphatic rings. The van der Waals surface area contributed by atoms with Gasteiger partial charge in [0.1, 0.15) is 13.2 Å². The number of methoxy groups -OCH3 is 1. The quantitative estimate of drug-likeness (QED) is 0.653. The number of nitrogens with one attached hydrogen (secondary N) is 1. The molecule has 0 spiro atoms. The zero-order valence-corrected chi connectivity index (χ0v) is 13.2. The van der Waals surface area contributed by atoms with Crippen LogP contribution in [0.3, 0.4) is 0 Å². The van der Waals surface area contributed by atoms with Crippen LogP contribution in [0.2, 0.25) is 0 Å². The average Bonchev–Trinajstić information content (AvgIpc) is 2.59. The number of ether oxygens (including phenoxy) is 4. The first-order valence-corrected chi connectivity index (χ1v) is 7.16. The van der Waals surface area contributed by atoms with Gasteiger partial charge in [0.2, 0.25) is 0 Å². The van der Waals surface area contributed by atoms with Gasteiger partial charge in [-0.05, 0) is 30.7 Å². The van der Waals surface area contributed by atoms with Crippen molar-refractivity contribution in [2.45, 2.75) is 13.0 Å². The minimum atomic E-state index is -1.14. The molecular formula is C16H17NO7. The van der Waals surface area contributed by atoms with E-state index in [1.165, 1.54) is 19.1 Å². The molecule has 0 saturated carbocycles. The van der Waals surface area contributed by atoms with E-state index in [2.05, 4.69) is 4.74 Å². The van der Waals surface area contributed by atoms with E-state index in [0.29, 0.717) is 30.3 Å². The zero-order valence-electron chi connectivity index (χ0n) is 13.2. The number of amides is 2. The van der Waals surface area contributed by atoms with E-state index in [1.54, 1.807) is 18.2 Å². The fourth-order valence-corrected chi connectivity index (χ4v) is 1.85. The van der Waals surface area contributed by atoms with Crippen LogP contribution < -0.4 is 14.8 Å². The van der Waals surface area contributed by atoms with Crippen molar-refractivity contribution in [1.29, 1.82) is 0 Å². The first-order chi connectivity index (χ1) is 11.5. The number of alkyl carbamates (subject to hydrolysis) is 1. The lowest BCUT2D eigenvalue weighted by atomic mass is 10.2. The SMILES string of the molecule is COC(=O)NC(=O)[C@H](C)OC(=O)/C=C/c1ccc2c(c1)OCCO2. The molecule has 8 nitrogen and oxygen atoms in total. The van der Waals surface area contributed by atoms with E-state index in [-0.39, 0.29) is 0 Å². The predicted octanol–water partition coefficient (Wildman–Crippen LogP) is 1.29. The van der Waals surface area contributed by atoms with Gasteiger partial charge in [-0.2, -0.15) is 0 Å². The minimum absolute atomic E-state index is 0.467. The highest BCUT2D eigenvalue weighted by Crippen LogP contribution is 2.31. The normalized spacial score (nSPS) is 13.9. The van der Waals surface area contributed by atoms with Crippen LogP contribution >= 0.6 is 0 Å². The van der Waals surface area contributed by atoms with Crippen LogP contribution in [0.5, 0.6) is 11.5 Å². The van der Waals surface area contributed by atoms with Crippen LogP contribution in [-0.2, 0) is 19.1 Å². The van der Waals surface area contributed by atoms with Gasteiger partial charge in [0.05, 0.1) is 7.11 Å². The van der Waals surface area contributed by atoms with E-state index < -0.39 is 24.1 Å². The van der Waals surface area contributed by atoms with Gasteiger partial charge in [0.15, 0.2) is 17.6 Å². The Morgan fingerprint density at radius 1 is 1.21 bits per heavy atom. The predicted molar refractivity (Wildman–Crippen MR) is 82.6 cm³/mol. The van der Waals surface area contributed by atoms with Crippen molar-refractivity contribution < 1.29 is 33.3 Å². The molecule has 1 N–H and O–H groups in total. The van der Waals surface area contributed by atoms with Gasteiger partial charge in [-0.25, -0.2) is 9.59 Å². The second kappa shape index (κ2) is 8.00. The average molecular weight is 335 g/mol. The summed E-state index contributed by atoms with van der Waals surface area (Å²) in [5.74, 6) is -0.253. The summed E-state index contributed by atoms with van der Waals surface area (Å²) >= 11 is 0. The molecule has 1 heterocycles. The lowest BCUT2D eigenvalue weighted by molar-refractivity contribution is -0.149. The molecule has 2 rings (SSSR count). The van der Waals surface area contributed by atoms with Crippen molar-refractivity contribution in [2.24, 2.45) is 0 Å². The Hall–Kier alpha value is -3.03. The topological polar surface area (TPSA) is 100 Å². The van der Waals surface area contributed by atoms with Crippen molar-refractivity contribution >= 4 is 24.0 Å². The fourth-order valence-electron chi connectivity index (χ4n) is 1.85. The van der Waals surface area contributed by atoms with Gasteiger partial charge in [0.25, 0.3) is 5.91 Å². The summed E-state index contributed by atoms with van der Waals surface area (Å²) in [7, 11) is 1.12. The first kappa shape index (κ1) is 17.3. The van der Waals surface area contributed by atoms with Crippen molar-refractivity contribution in [3.8, 4) is 11.5 Å². The molecule has 1 aromatic rings. The summed E-state index contributed by atoms with van der Waals surface area (Å²) in [6, 6.07) is 5.22. The smallest absolute Gasteiger partial charge is 0.413 e. The Bertz CT molecular complexity index is 668. The first-order valence-electron chi connectivity index (χ1n) is 7.16. The lowest BCUT2D eigenvalue weighted by Gasteiger charge is -2.18. The summed E-state index contributed by atoms with van der Waals surface area (Å²) in [6.07, 6.45) is 0.634. The lowest BCUT2D eigenvalue weighted by Crippen LogP contribution is -2.39. The summed E-state index contributed by atoms with van der Waals surface area (Å²) in [6.45, 7) is 2.31. The van der Waals surface area contributed by atoms with E-state index in [1.807, 2.05) is 5.32 Å². The number of esters is 1. The number of hydrogen-bond acceptors (Lipinski definition) is 7. The van der Waals surface area contributed by atoms with E-state index in [4.69, 9.17) is 14.2 Å². The van der Waals surface area contributed by atoms with E-state index in [9.17, 15) is 14.4 Å². The molecule has 0 unspecified atom stereocenters. The van der Waals surface area contributed by atoms with Crippen molar-refractivity contribution in [3.05, 3.63) is 29.8 Å². The number of carbonyl (C=O) groups is 3. The Morgan fingerprint density at radius 2 is 1.92 bits per heavy atom. The third kappa shape index (κ3) is 4.73. The zero-order chi connectivity index (χ0) is 17.5. The highest BCUT2D eigenvalue weighted by atomic mass is 16.6. The Kier molecular flexibility index (Phi) is 5.78. The molecule has 0 fully saturated rings. The molecule has 24 heavy (non-hydrogen) atoms. The van der Waals surface area contributed by atoms with Gasteiger partial charge in [0, 0.05) is 6.08 Å². The van der Waals surface area contributed by atoms with Crippen molar-refractivity contribution in [1.82, 2.24) is 5.32 Å². The largest absolute Gasteiger partial charge is 0.486 e. The third-order valence-corrected chi connectivity index (χ3v) is 3.05. The minimum Gasteiger partial charge on any atom is -0.486 e. The molecule has 2 amide bonds. The molecule has 1 atom stereocenters. The van der Waals surface area contributed by atoms with Gasteiger partial charge >= 0.3 is 12.1 Å². The Labute approximate surface area is 138 Å². The van der Waals surface area contributed by atoms with Gasteiger partial charge in [-0.15, -0.1) is 0 Å². The molecule has 0 aromatic heterocycles. The van der Waals surface area contributed by atoms with E-state index in [0.717, 1.165) is 7.11 Å². The maximum Gasteiger partial charge on any atom is 0.413 e. The maximum absolute atomic E-state index is 11.7. The van der Waals surface area contributed by atoms with Gasteiger partial charge in [-0.3, -0.25) is 10.1 Å².